The van der Waals surface area contributed by atoms with Crippen LogP contribution < -0.4 is 5.32 Å². The number of rotatable bonds is 8. The summed E-state index contributed by atoms with van der Waals surface area (Å²) >= 11 is 3.48. The van der Waals surface area contributed by atoms with E-state index < -0.39 is 9.84 Å². The van der Waals surface area contributed by atoms with Crippen LogP contribution >= 0.6 is 15.9 Å². The van der Waals surface area contributed by atoms with Gasteiger partial charge in [-0.1, -0.05) is 28.9 Å². The molecule has 1 aromatic rings. The van der Waals surface area contributed by atoms with Crippen molar-refractivity contribution in [2.24, 2.45) is 0 Å². The molecule has 0 aliphatic carbocycles. The van der Waals surface area contributed by atoms with Crippen LogP contribution in [0, 0.1) is 6.92 Å². The highest BCUT2D eigenvalue weighted by atomic mass is 79.9. The van der Waals surface area contributed by atoms with Crippen LogP contribution in [0.4, 0.5) is 0 Å². The number of benzene rings is 1. The first-order valence-electron chi connectivity index (χ1n) is 7.00. The molecule has 0 aromatic heterocycles. The van der Waals surface area contributed by atoms with Gasteiger partial charge in [-0.15, -0.1) is 0 Å². The standard InChI is InChI=1S/C15H24BrNO2S/c1-4-9-17-15(6-5-10-20(3,18)19)14-8-7-13(16)11-12(14)2/h7-8,11,15,17H,4-6,9-10H2,1-3H3. The fraction of sp³-hybridized carbons (Fsp3) is 0.600. The average molecular weight is 362 g/mol. The maximum absolute atomic E-state index is 11.2. The molecule has 0 saturated carbocycles. The molecule has 20 heavy (non-hydrogen) atoms. The number of halogens is 1. The zero-order valence-electron chi connectivity index (χ0n) is 12.4. The van der Waals surface area contributed by atoms with E-state index in [1.807, 2.05) is 6.07 Å². The second-order valence-electron chi connectivity index (χ2n) is 5.28. The van der Waals surface area contributed by atoms with Crippen molar-refractivity contribution < 1.29 is 8.42 Å². The van der Waals surface area contributed by atoms with Gasteiger partial charge in [0.25, 0.3) is 0 Å². The first-order valence-corrected chi connectivity index (χ1v) is 9.86. The number of hydrogen-bond acceptors (Lipinski definition) is 3. The molecule has 0 amide bonds. The summed E-state index contributed by atoms with van der Waals surface area (Å²) in [5.74, 6) is 0.257. The lowest BCUT2D eigenvalue weighted by Gasteiger charge is -2.21. The van der Waals surface area contributed by atoms with Gasteiger partial charge in [0.05, 0.1) is 0 Å². The second kappa shape index (κ2) is 8.15. The van der Waals surface area contributed by atoms with Gasteiger partial charge in [-0.05, 0) is 56.0 Å². The molecule has 0 aliphatic heterocycles. The van der Waals surface area contributed by atoms with E-state index in [0.29, 0.717) is 6.42 Å². The zero-order chi connectivity index (χ0) is 15.2. The van der Waals surface area contributed by atoms with Crippen LogP contribution in [0.5, 0.6) is 0 Å². The second-order valence-corrected chi connectivity index (χ2v) is 8.46. The minimum absolute atomic E-state index is 0.227. The lowest BCUT2D eigenvalue weighted by Crippen LogP contribution is -2.23. The van der Waals surface area contributed by atoms with Crippen LogP contribution in [-0.4, -0.2) is 27.0 Å². The monoisotopic (exact) mass is 361 g/mol. The third kappa shape index (κ3) is 6.37. The molecule has 0 spiro atoms. The summed E-state index contributed by atoms with van der Waals surface area (Å²) in [6.45, 7) is 5.17. The highest BCUT2D eigenvalue weighted by molar-refractivity contribution is 9.10. The molecule has 0 bridgehead atoms. The van der Waals surface area contributed by atoms with Crippen LogP contribution in [0.3, 0.4) is 0 Å². The molecule has 114 valence electrons. The lowest BCUT2D eigenvalue weighted by molar-refractivity contribution is 0.490. The van der Waals surface area contributed by atoms with Crippen molar-refractivity contribution in [2.45, 2.75) is 39.2 Å². The Morgan fingerprint density at radius 2 is 2.05 bits per heavy atom. The average Bonchev–Trinajstić information content (AvgIpc) is 2.33. The summed E-state index contributed by atoms with van der Waals surface area (Å²) in [4.78, 5) is 0. The van der Waals surface area contributed by atoms with Gasteiger partial charge >= 0.3 is 0 Å². The largest absolute Gasteiger partial charge is 0.310 e. The third-order valence-corrected chi connectivity index (χ3v) is 4.78. The van der Waals surface area contributed by atoms with E-state index in [4.69, 9.17) is 0 Å². The smallest absolute Gasteiger partial charge is 0.147 e. The number of hydrogen-bond donors (Lipinski definition) is 1. The van der Waals surface area contributed by atoms with Crippen LogP contribution in [0.2, 0.25) is 0 Å². The molecule has 1 N–H and O–H groups in total. The molecular weight excluding hydrogens is 338 g/mol. The lowest BCUT2D eigenvalue weighted by atomic mass is 9.97. The minimum Gasteiger partial charge on any atom is -0.310 e. The zero-order valence-corrected chi connectivity index (χ0v) is 14.9. The fourth-order valence-electron chi connectivity index (χ4n) is 2.27. The van der Waals surface area contributed by atoms with Gasteiger partial charge in [-0.25, -0.2) is 8.42 Å². The number of sulfone groups is 1. The summed E-state index contributed by atoms with van der Waals surface area (Å²) in [6, 6.07) is 6.49. The van der Waals surface area contributed by atoms with Crippen molar-refractivity contribution in [1.82, 2.24) is 5.32 Å². The fourth-order valence-corrected chi connectivity index (χ4v) is 3.43. The summed E-state index contributed by atoms with van der Waals surface area (Å²) in [7, 11) is -2.87. The van der Waals surface area contributed by atoms with Gasteiger partial charge in [0.1, 0.15) is 9.84 Å². The molecule has 5 heteroatoms. The molecular formula is C15H24BrNO2S. The Morgan fingerprint density at radius 1 is 1.35 bits per heavy atom. The van der Waals surface area contributed by atoms with Crippen molar-refractivity contribution in [3.05, 3.63) is 33.8 Å². The van der Waals surface area contributed by atoms with Crippen LogP contribution in [0.15, 0.2) is 22.7 Å². The molecule has 1 rings (SSSR count). The topological polar surface area (TPSA) is 46.2 Å². The van der Waals surface area contributed by atoms with E-state index in [0.717, 1.165) is 23.9 Å². The molecule has 0 heterocycles. The van der Waals surface area contributed by atoms with E-state index in [1.165, 1.54) is 17.4 Å². The molecule has 1 aromatic carbocycles. The molecule has 3 nitrogen and oxygen atoms in total. The summed E-state index contributed by atoms with van der Waals surface area (Å²) in [5, 5.41) is 3.52. The molecule has 0 aliphatic rings. The van der Waals surface area contributed by atoms with Crippen molar-refractivity contribution in [1.29, 1.82) is 0 Å². The van der Waals surface area contributed by atoms with Gasteiger partial charge in [0.2, 0.25) is 0 Å². The predicted octanol–water partition coefficient (Wildman–Crippen LogP) is 3.62. The van der Waals surface area contributed by atoms with Gasteiger partial charge < -0.3 is 5.32 Å². The Kier molecular flexibility index (Phi) is 7.20. The summed E-state index contributed by atoms with van der Waals surface area (Å²) in [6.07, 6.45) is 3.90. The minimum atomic E-state index is -2.87. The van der Waals surface area contributed by atoms with E-state index >= 15 is 0 Å². The van der Waals surface area contributed by atoms with Crippen molar-refractivity contribution >= 4 is 25.8 Å². The molecule has 0 radical (unpaired) electrons. The first kappa shape index (κ1) is 17.7. The molecule has 1 atom stereocenters. The normalized spacial score (nSPS) is 13.4. The Labute approximate surface area is 131 Å². The van der Waals surface area contributed by atoms with E-state index in [-0.39, 0.29) is 11.8 Å². The highest BCUT2D eigenvalue weighted by Crippen LogP contribution is 2.25. The molecule has 1 unspecified atom stereocenters. The van der Waals surface area contributed by atoms with Gasteiger partial charge in [0.15, 0.2) is 0 Å². The SMILES string of the molecule is CCCNC(CCCS(C)(=O)=O)c1ccc(Br)cc1C. The van der Waals surface area contributed by atoms with Gasteiger partial charge in [-0.3, -0.25) is 0 Å². The Morgan fingerprint density at radius 3 is 2.60 bits per heavy atom. The van der Waals surface area contributed by atoms with Crippen molar-refractivity contribution in [2.75, 3.05) is 18.6 Å². The molecule has 0 fully saturated rings. The summed E-state index contributed by atoms with van der Waals surface area (Å²) in [5.41, 5.74) is 2.49. The first-order chi connectivity index (χ1) is 9.33. The van der Waals surface area contributed by atoms with Crippen molar-refractivity contribution in [3.8, 4) is 0 Å². The van der Waals surface area contributed by atoms with Gasteiger partial charge in [0, 0.05) is 22.5 Å². The maximum Gasteiger partial charge on any atom is 0.147 e. The molecule has 0 saturated heterocycles. The van der Waals surface area contributed by atoms with E-state index in [2.05, 4.69) is 47.2 Å². The highest BCUT2D eigenvalue weighted by Gasteiger charge is 2.14. The van der Waals surface area contributed by atoms with Gasteiger partial charge in [-0.2, -0.15) is 0 Å². The van der Waals surface area contributed by atoms with E-state index in [9.17, 15) is 8.42 Å². The Hall–Kier alpha value is -0.390. The maximum atomic E-state index is 11.2. The van der Waals surface area contributed by atoms with E-state index in [1.54, 1.807) is 0 Å². The number of aryl methyl sites for hydroxylation is 1. The Bertz CT molecular complexity index is 529. The van der Waals surface area contributed by atoms with Crippen LogP contribution in [0.1, 0.15) is 43.4 Å². The summed E-state index contributed by atoms with van der Waals surface area (Å²) < 4.78 is 23.6. The predicted molar refractivity (Wildman–Crippen MR) is 88.9 cm³/mol. The number of nitrogens with one attached hydrogen (secondary N) is 1. The van der Waals surface area contributed by atoms with Crippen LogP contribution in [-0.2, 0) is 9.84 Å². The quantitative estimate of drug-likeness (QED) is 0.768. The van der Waals surface area contributed by atoms with Crippen molar-refractivity contribution in [3.63, 3.8) is 0 Å². The third-order valence-electron chi connectivity index (χ3n) is 3.26. The Balaban J connectivity index is 2.77. The van der Waals surface area contributed by atoms with Crippen LogP contribution in [0.25, 0.3) is 0 Å².